The van der Waals surface area contributed by atoms with Crippen molar-refractivity contribution in [3.05, 3.63) is 63.6 Å². The second-order valence-electron chi connectivity index (χ2n) is 9.48. The molecule has 2 aromatic carbocycles. The monoisotopic (exact) mass is 543 g/mol. The third kappa shape index (κ3) is 6.91. The number of amides is 3. The van der Waals surface area contributed by atoms with E-state index >= 15 is 0 Å². The minimum absolute atomic E-state index is 0.0161. The molecule has 3 amide bonds. The number of hydrogen-bond acceptors (Lipinski definition) is 5. The number of aryl methyl sites for hydroxylation is 1. The lowest BCUT2D eigenvalue weighted by molar-refractivity contribution is -0.151. The number of nitrogens with zero attached hydrogens (tertiary/aromatic N) is 1. The van der Waals surface area contributed by atoms with Crippen LogP contribution in [0.4, 0.5) is 5.69 Å². The lowest BCUT2D eigenvalue weighted by atomic mass is 9.87. The predicted molar refractivity (Wildman–Crippen MR) is 136 cm³/mol. The Morgan fingerprint density at radius 3 is 2.43 bits per heavy atom. The lowest BCUT2D eigenvalue weighted by Gasteiger charge is -2.20. The summed E-state index contributed by atoms with van der Waals surface area (Å²) in [6.45, 7) is 7.73. The van der Waals surface area contributed by atoms with Crippen LogP contribution in [0.2, 0.25) is 0 Å². The summed E-state index contributed by atoms with van der Waals surface area (Å²) < 4.78 is 6.04. The summed E-state index contributed by atoms with van der Waals surface area (Å²) in [5.74, 6) is -2.72. The Morgan fingerprint density at radius 1 is 1.11 bits per heavy atom. The molecule has 1 heterocycles. The first-order valence-electron chi connectivity index (χ1n) is 11.4. The van der Waals surface area contributed by atoms with Crippen LogP contribution in [0.1, 0.15) is 55.6 Å². The molecular formula is C26H30BrN3O5. The molecule has 3 rings (SSSR count). The largest absolute Gasteiger partial charge is 0.455 e. The van der Waals surface area contributed by atoms with E-state index in [-0.39, 0.29) is 18.4 Å². The van der Waals surface area contributed by atoms with Gasteiger partial charge in [0.1, 0.15) is 0 Å². The first kappa shape index (κ1) is 26.4. The molecule has 0 spiro atoms. The Morgan fingerprint density at radius 2 is 1.80 bits per heavy atom. The lowest BCUT2D eigenvalue weighted by Crippen LogP contribution is -2.43. The minimum atomic E-state index is -0.766. The summed E-state index contributed by atoms with van der Waals surface area (Å²) in [5.41, 5.74) is 5.61. The number of hydrazine groups is 1. The van der Waals surface area contributed by atoms with Gasteiger partial charge in [-0.15, -0.1) is 0 Å². The molecule has 2 aromatic rings. The van der Waals surface area contributed by atoms with Crippen LogP contribution in [-0.4, -0.2) is 41.9 Å². The Labute approximate surface area is 213 Å². The van der Waals surface area contributed by atoms with Crippen molar-refractivity contribution >= 4 is 45.3 Å². The van der Waals surface area contributed by atoms with Crippen LogP contribution in [0, 0.1) is 5.92 Å². The molecule has 8 nitrogen and oxygen atoms in total. The molecule has 1 fully saturated rings. The van der Waals surface area contributed by atoms with E-state index in [1.807, 2.05) is 31.2 Å². The normalized spacial score (nSPS) is 15.6. The van der Waals surface area contributed by atoms with Crippen molar-refractivity contribution < 1.29 is 23.9 Å². The van der Waals surface area contributed by atoms with Gasteiger partial charge in [-0.1, -0.05) is 55.8 Å². The van der Waals surface area contributed by atoms with Gasteiger partial charge in [0.2, 0.25) is 5.91 Å². The number of hydrogen-bond donors (Lipinski definition) is 2. The van der Waals surface area contributed by atoms with Gasteiger partial charge in [0.05, 0.1) is 12.5 Å². The van der Waals surface area contributed by atoms with E-state index in [9.17, 15) is 19.2 Å². The summed E-state index contributed by atoms with van der Waals surface area (Å²) in [7, 11) is 0. The van der Waals surface area contributed by atoms with E-state index in [1.54, 1.807) is 18.2 Å². The molecule has 186 valence electrons. The standard InChI is InChI=1S/C26H30BrN3O5/c1-5-16-12-20(27)10-11-21(16)28-22(31)15-35-25(34)18-13-23(32)30(14-18)29-24(33)17-6-8-19(9-7-17)26(2,3)4/h6-12,18H,5,13-15H2,1-4H3,(H,28,31)(H,29,33)/t18-/m0/s1. The molecule has 35 heavy (non-hydrogen) atoms. The number of esters is 1. The fourth-order valence-electron chi connectivity index (χ4n) is 3.70. The molecule has 1 aliphatic rings. The minimum Gasteiger partial charge on any atom is -0.455 e. The third-order valence-electron chi connectivity index (χ3n) is 5.78. The van der Waals surface area contributed by atoms with Crippen LogP contribution < -0.4 is 10.7 Å². The molecule has 0 aromatic heterocycles. The van der Waals surface area contributed by atoms with Gasteiger partial charge in [-0.25, -0.2) is 0 Å². The first-order valence-corrected chi connectivity index (χ1v) is 12.2. The van der Waals surface area contributed by atoms with E-state index in [4.69, 9.17) is 4.74 Å². The van der Waals surface area contributed by atoms with Crippen LogP contribution in [0.15, 0.2) is 46.9 Å². The average molecular weight is 544 g/mol. The fourth-order valence-corrected chi connectivity index (χ4v) is 4.11. The van der Waals surface area contributed by atoms with Gasteiger partial charge in [-0.3, -0.25) is 29.6 Å². The summed E-state index contributed by atoms with van der Waals surface area (Å²) in [4.78, 5) is 49.6. The van der Waals surface area contributed by atoms with Crippen LogP contribution in [-0.2, 0) is 31.0 Å². The zero-order chi connectivity index (χ0) is 25.8. The van der Waals surface area contributed by atoms with Crippen molar-refractivity contribution in [2.75, 3.05) is 18.5 Å². The molecular weight excluding hydrogens is 514 g/mol. The molecule has 0 unspecified atom stereocenters. The highest BCUT2D eigenvalue weighted by molar-refractivity contribution is 9.10. The maximum absolute atomic E-state index is 12.6. The second kappa shape index (κ2) is 11.0. The van der Waals surface area contributed by atoms with Crippen molar-refractivity contribution in [3.8, 4) is 0 Å². The van der Waals surface area contributed by atoms with Crippen LogP contribution >= 0.6 is 15.9 Å². The Kier molecular flexibility index (Phi) is 8.32. The maximum atomic E-state index is 12.6. The zero-order valence-corrected chi connectivity index (χ0v) is 21.9. The molecule has 0 saturated carbocycles. The number of carbonyl (C=O) groups excluding carboxylic acids is 4. The number of carbonyl (C=O) groups is 4. The van der Waals surface area contributed by atoms with Gasteiger partial charge in [0.15, 0.2) is 6.61 Å². The number of ether oxygens (including phenoxy) is 1. The number of nitrogens with one attached hydrogen (secondary N) is 2. The molecule has 0 radical (unpaired) electrons. The molecule has 1 aliphatic heterocycles. The summed E-state index contributed by atoms with van der Waals surface area (Å²) in [6, 6.07) is 12.7. The van der Waals surface area contributed by atoms with E-state index in [1.165, 1.54) is 0 Å². The van der Waals surface area contributed by atoms with Crippen LogP contribution in [0.25, 0.3) is 0 Å². The van der Waals surface area contributed by atoms with Crippen molar-refractivity contribution in [2.45, 2.75) is 46.0 Å². The molecule has 2 N–H and O–H groups in total. The van der Waals surface area contributed by atoms with Crippen LogP contribution in [0.3, 0.4) is 0 Å². The van der Waals surface area contributed by atoms with E-state index in [2.05, 4.69) is 47.4 Å². The highest BCUT2D eigenvalue weighted by Gasteiger charge is 2.36. The highest BCUT2D eigenvalue weighted by atomic mass is 79.9. The topological polar surface area (TPSA) is 105 Å². The Balaban J connectivity index is 1.50. The van der Waals surface area contributed by atoms with E-state index in [0.29, 0.717) is 11.3 Å². The molecule has 1 atom stereocenters. The number of rotatable bonds is 7. The second-order valence-corrected chi connectivity index (χ2v) is 10.4. The first-order chi connectivity index (χ1) is 16.5. The van der Waals surface area contributed by atoms with Gasteiger partial charge in [-0.05, 0) is 53.3 Å². The van der Waals surface area contributed by atoms with Crippen LogP contribution in [0.5, 0.6) is 0 Å². The van der Waals surface area contributed by atoms with Crippen molar-refractivity contribution in [2.24, 2.45) is 5.92 Å². The zero-order valence-electron chi connectivity index (χ0n) is 20.3. The van der Waals surface area contributed by atoms with Crippen molar-refractivity contribution in [1.29, 1.82) is 0 Å². The quantitative estimate of drug-likeness (QED) is 0.514. The van der Waals surface area contributed by atoms with Gasteiger partial charge < -0.3 is 10.1 Å². The van der Waals surface area contributed by atoms with E-state index in [0.717, 1.165) is 27.0 Å². The van der Waals surface area contributed by atoms with E-state index < -0.39 is 36.2 Å². The maximum Gasteiger partial charge on any atom is 0.311 e. The smallest absolute Gasteiger partial charge is 0.311 e. The van der Waals surface area contributed by atoms with Gasteiger partial charge >= 0.3 is 5.97 Å². The molecule has 0 bridgehead atoms. The number of benzene rings is 2. The Bertz CT molecular complexity index is 1120. The predicted octanol–water partition coefficient (Wildman–Crippen LogP) is 3.98. The van der Waals surface area contributed by atoms with Crippen molar-refractivity contribution in [3.63, 3.8) is 0 Å². The fraction of sp³-hybridized carbons (Fsp3) is 0.385. The highest BCUT2D eigenvalue weighted by Crippen LogP contribution is 2.23. The molecule has 0 aliphatic carbocycles. The van der Waals surface area contributed by atoms with Gasteiger partial charge in [0.25, 0.3) is 11.8 Å². The summed E-state index contributed by atoms with van der Waals surface area (Å²) in [5, 5.41) is 3.86. The van der Waals surface area contributed by atoms with Gasteiger partial charge in [-0.2, -0.15) is 0 Å². The third-order valence-corrected chi connectivity index (χ3v) is 6.27. The molecule has 9 heteroatoms. The van der Waals surface area contributed by atoms with Gasteiger partial charge in [0, 0.05) is 22.1 Å². The summed E-state index contributed by atoms with van der Waals surface area (Å²) in [6.07, 6.45) is 0.623. The Hall–Kier alpha value is -3.20. The molecule has 1 saturated heterocycles. The SMILES string of the molecule is CCc1cc(Br)ccc1NC(=O)COC(=O)[C@H]1CC(=O)N(NC(=O)c2ccc(C(C)(C)C)cc2)C1. The summed E-state index contributed by atoms with van der Waals surface area (Å²) >= 11 is 3.40. The number of anilines is 1. The van der Waals surface area contributed by atoms with Crippen molar-refractivity contribution in [1.82, 2.24) is 10.4 Å². The average Bonchev–Trinajstić information content (AvgIpc) is 3.18. The number of halogens is 1.